The Kier molecular flexibility index (Phi) is 5.53. The molecular weight excluding hydrogens is 422 g/mol. The molecule has 1 amide bonds. The van der Waals surface area contributed by atoms with Crippen LogP contribution in [0.4, 0.5) is 0 Å². The lowest BCUT2D eigenvalue weighted by atomic mass is 9.76. The molecule has 1 aliphatic carbocycles. The summed E-state index contributed by atoms with van der Waals surface area (Å²) in [6, 6.07) is 3.68. The Labute approximate surface area is 181 Å². The number of Topliss-reactive ketones (excluding diaryl/α,β-unsaturated/α-hetero) is 1. The third kappa shape index (κ3) is 3.27. The van der Waals surface area contributed by atoms with Crippen molar-refractivity contribution in [1.29, 1.82) is 0 Å². The zero-order chi connectivity index (χ0) is 21.5. The van der Waals surface area contributed by atoms with Crippen molar-refractivity contribution in [3.63, 3.8) is 0 Å². The minimum absolute atomic E-state index is 0.0486. The Bertz CT molecular complexity index is 1020. The second-order valence-electron chi connectivity index (χ2n) is 7.46. The van der Waals surface area contributed by atoms with Gasteiger partial charge in [0.2, 0.25) is 0 Å². The highest BCUT2D eigenvalue weighted by Crippen LogP contribution is 2.51. The van der Waals surface area contributed by atoms with E-state index in [-0.39, 0.29) is 24.3 Å². The summed E-state index contributed by atoms with van der Waals surface area (Å²) in [5.41, 5.74) is 13.3. The zero-order valence-corrected chi connectivity index (χ0v) is 18.3. The number of nitrogens with one attached hydrogen (secondary N) is 2. The summed E-state index contributed by atoms with van der Waals surface area (Å²) < 4.78 is 0. The van der Waals surface area contributed by atoms with Gasteiger partial charge in [-0.2, -0.15) is 5.21 Å². The van der Waals surface area contributed by atoms with Crippen LogP contribution < -0.4 is 16.8 Å². The van der Waals surface area contributed by atoms with Crippen LogP contribution in [0.5, 0.6) is 0 Å². The van der Waals surface area contributed by atoms with Crippen LogP contribution in [0.25, 0.3) is 0 Å². The van der Waals surface area contributed by atoms with E-state index in [1.54, 1.807) is 7.05 Å². The standard InChI is InChI=1S/C19H23N7O2S2/c1-9(21)7-19(18-23-25-26-24-18)15-10(5-13(29-15)12(27)8-20)3-4-11-6-14(17(28)22-2)30-16(11)19/h5-6,9H,3-4,7-8,20-21H2,1-2H3,(H,22,28)(H,23,24,25,26)/t9-,19?/m0/s1. The van der Waals surface area contributed by atoms with Crippen LogP contribution in [0, 0.1) is 0 Å². The molecule has 30 heavy (non-hydrogen) atoms. The molecule has 158 valence electrons. The minimum Gasteiger partial charge on any atom is -0.354 e. The van der Waals surface area contributed by atoms with Gasteiger partial charge in [0, 0.05) is 22.8 Å². The second-order valence-corrected chi connectivity index (χ2v) is 9.56. The van der Waals surface area contributed by atoms with Gasteiger partial charge in [-0.25, -0.2) is 0 Å². The first-order valence-electron chi connectivity index (χ1n) is 9.62. The molecule has 1 aliphatic rings. The first kappa shape index (κ1) is 20.8. The molecule has 0 saturated heterocycles. The van der Waals surface area contributed by atoms with Crippen LogP contribution in [-0.4, -0.2) is 51.9 Å². The number of carbonyl (C=O) groups excluding carboxylic acids is 2. The molecule has 3 aromatic heterocycles. The topological polar surface area (TPSA) is 153 Å². The third-order valence-electron chi connectivity index (χ3n) is 5.32. The smallest absolute Gasteiger partial charge is 0.261 e. The molecule has 9 nitrogen and oxygen atoms in total. The highest BCUT2D eigenvalue weighted by Gasteiger charge is 2.48. The van der Waals surface area contributed by atoms with E-state index in [1.807, 2.05) is 19.1 Å². The zero-order valence-electron chi connectivity index (χ0n) is 16.7. The monoisotopic (exact) mass is 445 g/mol. The maximum absolute atomic E-state index is 12.4. The van der Waals surface area contributed by atoms with Gasteiger partial charge >= 0.3 is 0 Å². The number of aromatic nitrogens is 4. The van der Waals surface area contributed by atoms with Gasteiger partial charge in [-0.1, -0.05) is 5.21 Å². The summed E-state index contributed by atoms with van der Waals surface area (Å²) in [4.78, 5) is 28.0. The average Bonchev–Trinajstić information content (AvgIpc) is 3.48. The number of nitrogens with two attached hydrogens (primary N) is 2. The Balaban J connectivity index is 2.03. The van der Waals surface area contributed by atoms with Gasteiger partial charge in [0.15, 0.2) is 11.6 Å². The number of fused-ring (bicyclic) bond motifs is 2. The van der Waals surface area contributed by atoms with E-state index in [0.29, 0.717) is 22.0 Å². The number of nitrogens with zero attached hydrogens (tertiary/aromatic N) is 3. The SMILES string of the molecule is CNC(=O)c1cc2c(s1)C(C[C@H](C)N)(c1nn[nH]n1)c1sc(C(=O)CN)cc1CC2. The number of amides is 1. The average molecular weight is 446 g/mol. The van der Waals surface area contributed by atoms with E-state index in [4.69, 9.17) is 11.5 Å². The molecule has 4 rings (SSSR count). The molecule has 0 bridgehead atoms. The van der Waals surface area contributed by atoms with Crippen LogP contribution in [0.3, 0.4) is 0 Å². The van der Waals surface area contributed by atoms with Crippen molar-refractivity contribution in [2.45, 2.75) is 37.6 Å². The van der Waals surface area contributed by atoms with Gasteiger partial charge in [-0.15, -0.1) is 32.9 Å². The molecule has 0 aliphatic heterocycles. The molecule has 0 aromatic carbocycles. The van der Waals surface area contributed by atoms with E-state index in [0.717, 1.165) is 33.7 Å². The summed E-state index contributed by atoms with van der Waals surface area (Å²) in [6.45, 7) is 1.88. The molecule has 0 radical (unpaired) electrons. The number of hydrogen-bond donors (Lipinski definition) is 4. The summed E-state index contributed by atoms with van der Waals surface area (Å²) in [7, 11) is 1.61. The minimum atomic E-state index is -0.795. The molecule has 3 heterocycles. The quantitative estimate of drug-likeness (QED) is 0.413. The summed E-state index contributed by atoms with van der Waals surface area (Å²) in [5.74, 6) is 0.248. The summed E-state index contributed by atoms with van der Waals surface area (Å²) in [5, 5.41) is 17.8. The first-order valence-corrected chi connectivity index (χ1v) is 11.2. The maximum atomic E-state index is 12.4. The number of aromatic amines is 1. The third-order valence-corrected chi connectivity index (χ3v) is 8.04. The predicted octanol–water partition coefficient (Wildman–Crippen LogP) is 0.994. The lowest BCUT2D eigenvalue weighted by Gasteiger charge is -2.31. The van der Waals surface area contributed by atoms with E-state index in [1.165, 1.54) is 22.7 Å². The molecule has 6 N–H and O–H groups in total. The van der Waals surface area contributed by atoms with Crippen molar-refractivity contribution in [2.24, 2.45) is 11.5 Å². The van der Waals surface area contributed by atoms with Crippen molar-refractivity contribution < 1.29 is 9.59 Å². The number of aryl methyl sites for hydroxylation is 2. The molecular formula is C19H23N7O2S2. The fourth-order valence-corrected chi connectivity index (χ4v) is 6.89. The Morgan fingerprint density at radius 1 is 1.23 bits per heavy atom. The number of tetrazole rings is 1. The lowest BCUT2D eigenvalue weighted by molar-refractivity contribution is 0.0965. The predicted molar refractivity (Wildman–Crippen MR) is 115 cm³/mol. The van der Waals surface area contributed by atoms with Gasteiger partial charge in [-0.3, -0.25) is 9.59 Å². The molecule has 2 atom stereocenters. The van der Waals surface area contributed by atoms with Crippen LogP contribution in [0.1, 0.15) is 59.4 Å². The molecule has 3 aromatic rings. The van der Waals surface area contributed by atoms with Crippen LogP contribution in [0.2, 0.25) is 0 Å². The fraction of sp³-hybridized carbons (Fsp3) is 0.421. The molecule has 0 saturated carbocycles. The van der Waals surface area contributed by atoms with E-state index < -0.39 is 5.41 Å². The van der Waals surface area contributed by atoms with Gasteiger partial charge in [0.1, 0.15) is 5.41 Å². The van der Waals surface area contributed by atoms with Crippen LogP contribution in [0.15, 0.2) is 12.1 Å². The lowest BCUT2D eigenvalue weighted by Crippen LogP contribution is -2.36. The van der Waals surface area contributed by atoms with E-state index >= 15 is 0 Å². The van der Waals surface area contributed by atoms with Crippen LogP contribution >= 0.6 is 22.7 Å². The van der Waals surface area contributed by atoms with Crippen molar-refractivity contribution in [3.05, 3.63) is 48.6 Å². The number of carbonyl (C=O) groups is 2. The van der Waals surface area contributed by atoms with E-state index in [2.05, 4.69) is 25.9 Å². The first-order chi connectivity index (χ1) is 14.4. The summed E-state index contributed by atoms with van der Waals surface area (Å²) >= 11 is 2.84. The Morgan fingerprint density at radius 3 is 2.40 bits per heavy atom. The van der Waals surface area contributed by atoms with Crippen molar-refractivity contribution in [2.75, 3.05) is 13.6 Å². The van der Waals surface area contributed by atoms with Crippen LogP contribution in [-0.2, 0) is 18.3 Å². The highest BCUT2D eigenvalue weighted by molar-refractivity contribution is 7.16. The van der Waals surface area contributed by atoms with Gasteiger partial charge < -0.3 is 16.8 Å². The second kappa shape index (κ2) is 7.99. The number of rotatable bonds is 6. The molecule has 0 fully saturated rings. The van der Waals surface area contributed by atoms with Gasteiger partial charge in [0.25, 0.3) is 5.91 Å². The Morgan fingerprint density at radius 2 is 1.87 bits per heavy atom. The number of ketones is 1. The maximum Gasteiger partial charge on any atom is 0.261 e. The van der Waals surface area contributed by atoms with Gasteiger partial charge in [-0.05, 0) is 49.4 Å². The highest BCUT2D eigenvalue weighted by atomic mass is 32.1. The van der Waals surface area contributed by atoms with E-state index in [9.17, 15) is 9.59 Å². The van der Waals surface area contributed by atoms with Crippen molar-refractivity contribution in [1.82, 2.24) is 25.9 Å². The number of hydrogen-bond acceptors (Lipinski definition) is 9. The Hall–Kier alpha value is -2.47. The van der Waals surface area contributed by atoms with Gasteiger partial charge in [0.05, 0.1) is 16.3 Å². The summed E-state index contributed by atoms with van der Waals surface area (Å²) in [6.07, 6.45) is 1.98. The van der Waals surface area contributed by atoms with Crippen molar-refractivity contribution >= 4 is 34.4 Å². The largest absolute Gasteiger partial charge is 0.354 e. The van der Waals surface area contributed by atoms with Crippen molar-refractivity contribution in [3.8, 4) is 0 Å². The molecule has 11 heteroatoms. The normalized spacial score (nSPS) is 18.9. The molecule has 0 spiro atoms. The fourth-order valence-electron chi connectivity index (χ4n) is 4.10. The number of H-pyrrole nitrogens is 1. The number of thiophene rings is 2. The molecule has 1 unspecified atom stereocenters.